The van der Waals surface area contributed by atoms with Crippen molar-refractivity contribution in [1.82, 2.24) is 4.90 Å². The summed E-state index contributed by atoms with van der Waals surface area (Å²) < 4.78 is 18.6. The Morgan fingerprint density at radius 2 is 2.05 bits per heavy atom. The molecule has 3 nitrogen and oxygen atoms in total. The van der Waals surface area contributed by atoms with E-state index in [1.165, 1.54) is 28.8 Å². The maximum atomic E-state index is 12.9. The standard InChI is InChI=1S/C15H10FNO2S2/c16-11-5-3-10(4-6-11)8-13-14(18)17(15(20)21-13)9-12-2-1-7-19-12/h1-8H,9H2. The first-order valence-electron chi connectivity index (χ1n) is 6.17. The van der Waals surface area contributed by atoms with Gasteiger partial charge in [-0.25, -0.2) is 4.39 Å². The van der Waals surface area contributed by atoms with Crippen LogP contribution >= 0.6 is 24.0 Å². The van der Waals surface area contributed by atoms with Gasteiger partial charge in [-0.15, -0.1) is 0 Å². The number of furan rings is 1. The summed E-state index contributed by atoms with van der Waals surface area (Å²) in [5.74, 6) is 0.206. The second kappa shape index (κ2) is 5.83. The monoisotopic (exact) mass is 319 g/mol. The van der Waals surface area contributed by atoms with Crippen molar-refractivity contribution in [3.63, 3.8) is 0 Å². The van der Waals surface area contributed by atoms with Gasteiger partial charge in [0.2, 0.25) is 0 Å². The Balaban J connectivity index is 1.81. The van der Waals surface area contributed by atoms with Crippen LogP contribution in [-0.2, 0) is 11.3 Å². The number of hydrogen-bond acceptors (Lipinski definition) is 4. The molecule has 0 atom stereocenters. The zero-order valence-electron chi connectivity index (χ0n) is 10.8. The van der Waals surface area contributed by atoms with Crippen molar-refractivity contribution < 1.29 is 13.6 Å². The summed E-state index contributed by atoms with van der Waals surface area (Å²) in [6.45, 7) is 0.318. The number of thioether (sulfide) groups is 1. The van der Waals surface area contributed by atoms with Gasteiger partial charge in [0.1, 0.15) is 15.9 Å². The average Bonchev–Trinajstić information content (AvgIpc) is 3.06. The molecule has 1 amide bonds. The molecule has 3 rings (SSSR count). The van der Waals surface area contributed by atoms with E-state index in [1.807, 2.05) is 0 Å². The van der Waals surface area contributed by atoms with Crippen LogP contribution in [0, 0.1) is 5.82 Å². The predicted octanol–water partition coefficient (Wildman–Crippen LogP) is 3.82. The highest BCUT2D eigenvalue weighted by molar-refractivity contribution is 8.26. The van der Waals surface area contributed by atoms with E-state index in [-0.39, 0.29) is 11.7 Å². The van der Waals surface area contributed by atoms with E-state index in [1.54, 1.807) is 36.6 Å². The molecule has 1 fully saturated rings. The molecule has 2 heterocycles. The van der Waals surface area contributed by atoms with E-state index < -0.39 is 0 Å². The smallest absolute Gasteiger partial charge is 0.266 e. The summed E-state index contributed by atoms with van der Waals surface area (Å²) >= 11 is 6.47. The molecule has 1 saturated heterocycles. The lowest BCUT2D eigenvalue weighted by Crippen LogP contribution is -2.27. The van der Waals surface area contributed by atoms with E-state index in [2.05, 4.69) is 0 Å². The fourth-order valence-electron chi connectivity index (χ4n) is 1.91. The van der Waals surface area contributed by atoms with Crippen LogP contribution in [0.1, 0.15) is 11.3 Å². The molecule has 0 saturated carbocycles. The van der Waals surface area contributed by atoms with Crippen molar-refractivity contribution in [2.75, 3.05) is 0 Å². The maximum absolute atomic E-state index is 12.9. The topological polar surface area (TPSA) is 33.5 Å². The number of amides is 1. The maximum Gasteiger partial charge on any atom is 0.266 e. The second-order valence-corrected chi connectivity index (χ2v) is 6.07. The van der Waals surface area contributed by atoms with Gasteiger partial charge in [0, 0.05) is 0 Å². The third kappa shape index (κ3) is 3.06. The number of halogens is 1. The van der Waals surface area contributed by atoms with Crippen LogP contribution < -0.4 is 0 Å². The molecule has 0 bridgehead atoms. The first-order chi connectivity index (χ1) is 10.1. The van der Waals surface area contributed by atoms with E-state index >= 15 is 0 Å². The van der Waals surface area contributed by atoms with Gasteiger partial charge in [0.25, 0.3) is 5.91 Å². The first kappa shape index (κ1) is 14.0. The van der Waals surface area contributed by atoms with Gasteiger partial charge in [-0.05, 0) is 35.9 Å². The summed E-state index contributed by atoms with van der Waals surface area (Å²) in [6, 6.07) is 9.51. The molecular formula is C15H10FNO2S2. The molecule has 1 aromatic heterocycles. The second-order valence-electron chi connectivity index (χ2n) is 4.40. The molecule has 1 aliphatic heterocycles. The van der Waals surface area contributed by atoms with Gasteiger partial charge in [-0.1, -0.05) is 36.1 Å². The Morgan fingerprint density at radius 3 is 2.71 bits per heavy atom. The Hall–Kier alpha value is -1.92. The van der Waals surface area contributed by atoms with Crippen LogP contribution in [0.15, 0.2) is 52.0 Å². The molecule has 0 N–H and O–H groups in total. The van der Waals surface area contributed by atoms with Crippen molar-refractivity contribution in [3.05, 3.63) is 64.7 Å². The SMILES string of the molecule is O=C1C(=Cc2ccc(F)cc2)SC(=S)N1Cc1ccco1. The summed E-state index contributed by atoms with van der Waals surface area (Å²) in [7, 11) is 0. The Kier molecular flexibility index (Phi) is 3.90. The molecular weight excluding hydrogens is 309 g/mol. The largest absolute Gasteiger partial charge is 0.467 e. The molecule has 2 aromatic rings. The number of rotatable bonds is 3. The Labute approximate surface area is 130 Å². The third-order valence-corrected chi connectivity index (χ3v) is 4.31. The van der Waals surface area contributed by atoms with Crippen molar-refractivity contribution in [1.29, 1.82) is 0 Å². The first-order valence-corrected chi connectivity index (χ1v) is 7.39. The number of carbonyl (C=O) groups excluding carboxylic acids is 1. The molecule has 0 aliphatic carbocycles. The summed E-state index contributed by atoms with van der Waals surface area (Å²) in [4.78, 5) is 14.4. The van der Waals surface area contributed by atoms with Crippen molar-refractivity contribution in [3.8, 4) is 0 Å². The number of hydrogen-bond donors (Lipinski definition) is 0. The van der Waals surface area contributed by atoms with Crippen LogP contribution in [0.5, 0.6) is 0 Å². The molecule has 21 heavy (non-hydrogen) atoms. The number of nitrogens with zero attached hydrogens (tertiary/aromatic N) is 1. The average molecular weight is 319 g/mol. The highest BCUT2D eigenvalue weighted by Crippen LogP contribution is 2.33. The third-order valence-electron chi connectivity index (χ3n) is 2.94. The Bertz CT molecular complexity index is 708. The minimum absolute atomic E-state index is 0.161. The van der Waals surface area contributed by atoms with Gasteiger partial charge >= 0.3 is 0 Å². The predicted molar refractivity (Wildman–Crippen MR) is 83.8 cm³/mol. The molecule has 0 spiro atoms. The van der Waals surface area contributed by atoms with E-state index in [9.17, 15) is 9.18 Å². The molecule has 106 valence electrons. The number of benzene rings is 1. The zero-order valence-corrected chi connectivity index (χ0v) is 12.4. The molecule has 0 unspecified atom stereocenters. The zero-order chi connectivity index (χ0) is 14.8. The quantitative estimate of drug-likeness (QED) is 0.636. The summed E-state index contributed by atoms with van der Waals surface area (Å²) in [6.07, 6.45) is 3.27. The van der Waals surface area contributed by atoms with Crippen LogP contribution in [0.3, 0.4) is 0 Å². The highest BCUT2D eigenvalue weighted by Gasteiger charge is 2.32. The van der Waals surface area contributed by atoms with Crippen molar-refractivity contribution in [2.24, 2.45) is 0 Å². The minimum Gasteiger partial charge on any atom is -0.467 e. The lowest BCUT2D eigenvalue weighted by atomic mass is 10.2. The van der Waals surface area contributed by atoms with Crippen LogP contribution in [-0.4, -0.2) is 15.1 Å². The van der Waals surface area contributed by atoms with Crippen LogP contribution in [0.2, 0.25) is 0 Å². The van der Waals surface area contributed by atoms with Gasteiger partial charge in [-0.2, -0.15) is 0 Å². The number of carbonyl (C=O) groups is 1. The fraction of sp³-hybridized carbons (Fsp3) is 0.0667. The highest BCUT2D eigenvalue weighted by atomic mass is 32.2. The van der Waals surface area contributed by atoms with Crippen molar-refractivity contribution in [2.45, 2.75) is 6.54 Å². The molecule has 6 heteroatoms. The van der Waals surface area contributed by atoms with E-state index in [4.69, 9.17) is 16.6 Å². The van der Waals surface area contributed by atoms with E-state index in [0.29, 0.717) is 21.5 Å². The van der Waals surface area contributed by atoms with Gasteiger partial charge in [0.05, 0.1) is 17.7 Å². The van der Waals surface area contributed by atoms with Crippen molar-refractivity contribution >= 4 is 40.3 Å². The molecule has 1 aliphatic rings. The van der Waals surface area contributed by atoms with Crippen LogP contribution in [0.4, 0.5) is 4.39 Å². The van der Waals surface area contributed by atoms with Gasteiger partial charge in [0.15, 0.2) is 0 Å². The number of thiocarbonyl (C=S) groups is 1. The molecule has 1 aromatic carbocycles. The van der Waals surface area contributed by atoms with Gasteiger partial charge in [-0.3, -0.25) is 9.69 Å². The van der Waals surface area contributed by atoms with Crippen LogP contribution in [0.25, 0.3) is 6.08 Å². The van der Waals surface area contributed by atoms with Gasteiger partial charge < -0.3 is 4.42 Å². The molecule has 0 radical (unpaired) electrons. The Morgan fingerprint density at radius 1 is 1.29 bits per heavy atom. The lowest BCUT2D eigenvalue weighted by molar-refractivity contribution is -0.122. The normalized spacial score (nSPS) is 17.0. The fourth-order valence-corrected chi connectivity index (χ4v) is 3.16. The summed E-state index contributed by atoms with van der Waals surface area (Å²) in [5.41, 5.74) is 0.759. The van der Waals surface area contributed by atoms with E-state index in [0.717, 1.165) is 5.56 Å². The summed E-state index contributed by atoms with van der Waals surface area (Å²) in [5, 5.41) is 0. The minimum atomic E-state index is -0.308. The lowest BCUT2D eigenvalue weighted by Gasteiger charge is -2.11.